The molecular weight excluding hydrogens is 514 g/mol. The first-order valence-electron chi connectivity index (χ1n) is 11.0. The van der Waals surface area contributed by atoms with Gasteiger partial charge in [-0.2, -0.15) is 0 Å². The van der Waals surface area contributed by atoms with E-state index in [1.807, 2.05) is 9.97 Å². The van der Waals surface area contributed by atoms with Gasteiger partial charge < -0.3 is 20.6 Å². The van der Waals surface area contributed by atoms with Crippen molar-refractivity contribution in [3.8, 4) is 0 Å². The van der Waals surface area contributed by atoms with Crippen LogP contribution in [0.4, 0.5) is 17.1 Å². The van der Waals surface area contributed by atoms with E-state index in [1.54, 1.807) is 0 Å². The second kappa shape index (κ2) is 9.40. The Hall–Kier alpha value is -6.12. The van der Waals surface area contributed by atoms with Crippen molar-refractivity contribution in [1.82, 2.24) is 19.9 Å². The maximum Gasteiger partial charge on any atom is 0.325 e. The van der Waals surface area contributed by atoms with Crippen molar-refractivity contribution < 1.29 is 19.2 Å². The zero-order chi connectivity index (χ0) is 27.8. The number of benzene rings is 2. The van der Waals surface area contributed by atoms with E-state index in [9.17, 15) is 38.4 Å². The molecule has 0 fully saturated rings. The number of amides is 4. The van der Waals surface area contributed by atoms with Crippen molar-refractivity contribution in [3.63, 3.8) is 0 Å². The molecule has 2 aromatic heterocycles. The number of hydrogen-bond donors (Lipinski definition) is 6. The molecule has 0 bridgehead atoms. The number of imide groups is 1. The van der Waals surface area contributed by atoms with Crippen LogP contribution in [0.1, 0.15) is 41.4 Å². The fourth-order valence-electron chi connectivity index (χ4n) is 3.80. The average molecular weight is 529 g/mol. The molecule has 6 N–H and O–H groups in total. The largest absolute Gasteiger partial charge is 0.325 e. The van der Waals surface area contributed by atoms with E-state index >= 15 is 0 Å². The number of anilines is 3. The van der Waals surface area contributed by atoms with Crippen LogP contribution in [0.2, 0.25) is 0 Å². The Bertz CT molecular complexity index is 1950. The third kappa shape index (κ3) is 4.57. The number of aromatic amines is 4. The Balaban J connectivity index is 1.39. The van der Waals surface area contributed by atoms with Crippen molar-refractivity contribution in [2.45, 2.75) is 0 Å². The highest BCUT2D eigenvalue weighted by Gasteiger charge is 2.37. The molecule has 15 nitrogen and oxygen atoms in total. The minimum Gasteiger partial charge on any atom is -0.316 e. The van der Waals surface area contributed by atoms with Crippen LogP contribution in [-0.2, 0) is 0 Å². The molecule has 0 saturated carbocycles. The first-order valence-corrected chi connectivity index (χ1v) is 11.0. The van der Waals surface area contributed by atoms with Crippen molar-refractivity contribution in [3.05, 3.63) is 119 Å². The molecule has 4 amide bonds. The van der Waals surface area contributed by atoms with Crippen LogP contribution in [0.15, 0.2) is 74.0 Å². The Morgan fingerprint density at radius 2 is 1.18 bits per heavy atom. The fourth-order valence-corrected chi connectivity index (χ4v) is 3.80. The van der Waals surface area contributed by atoms with Gasteiger partial charge in [-0.1, -0.05) is 6.07 Å². The summed E-state index contributed by atoms with van der Waals surface area (Å²) in [7, 11) is 0. The van der Waals surface area contributed by atoms with Crippen LogP contribution in [-0.4, -0.2) is 43.6 Å². The molecule has 0 saturated heterocycles. The van der Waals surface area contributed by atoms with Gasteiger partial charge in [-0.15, -0.1) is 0 Å². The first-order chi connectivity index (χ1) is 18.6. The van der Waals surface area contributed by atoms with Crippen LogP contribution in [0, 0.1) is 0 Å². The van der Waals surface area contributed by atoms with Gasteiger partial charge in [0, 0.05) is 23.5 Å². The minimum atomic E-state index is -0.834. The van der Waals surface area contributed by atoms with Crippen LogP contribution in [0.25, 0.3) is 0 Å². The topological polar surface area (TPSA) is 227 Å². The zero-order valence-corrected chi connectivity index (χ0v) is 19.4. The van der Waals surface area contributed by atoms with Gasteiger partial charge in [-0.25, -0.2) is 14.5 Å². The van der Waals surface area contributed by atoms with Crippen molar-refractivity contribution in [1.29, 1.82) is 0 Å². The highest BCUT2D eigenvalue weighted by Crippen LogP contribution is 2.30. The second-order valence-electron chi connectivity index (χ2n) is 8.14. The highest BCUT2D eigenvalue weighted by molar-refractivity contribution is 6.35. The summed E-state index contributed by atoms with van der Waals surface area (Å²) in [5, 5.41) is 4.64. The average Bonchev–Trinajstić information content (AvgIpc) is 3.16. The highest BCUT2D eigenvalue weighted by atomic mass is 16.2. The number of aromatic nitrogens is 4. The summed E-state index contributed by atoms with van der Waals surface area (Å²) in [5.74, 6) is -2.98. The number of H-pyrrole nitrogens is 4. The van der Waals surface area contributed by atoms with Gasteiger partial charge >= 0.3 is 11.4 Å². The van der Waals surface area contributed by atoms with Crippen LogP contribution < -0.4 is 38.0 Å². The second-order valence-corrected chi connectivity index (χ2v) is 8.14. The molecule has 0 atom stereocenters. The van der Waals surface area contributed by atoms with E-state index in [4.69, 9.17) is 0 Å². The molecular formula is C24H15N7O8. The van der Waals surface area contributed by atoms with Gasteiger partial charge in [-0.05, 0) is 36.4 Å². The molecule has 0 radical (unpaired) electrons. The maximum atomic E-state index is 13.2. The molecule has 0 spiro atoms. The zero-order valence-electron chi connectivity index (χ0n) is 19.4. The van der Waals surface area contributed by atoms with Gasteiger partial charge in [0.15, 0.2) is 0 Å². The predicted octanol–water partition coefficient (Wildman–Crippen LogP) is -0.255. The van der Waals surface area contributed by atoms with Gasteiger partial charge in [0.1, 0.15) is 11.4 Å². The van der Waals surface area contributed by atoms with E-state index in [-0.39, 0.29) is 39.3 Å². The van der Waals surface area contributed by atoms with Crippen molar-refractivity contribution in [2.75, 3.05) is 15.5 Å². The molecule has 1 aliphatic rings. The molecule has 2 aromatic carbocycles. The maximum absolute atomic E-state index is 13.2. The molecule has 3 heterocycles. The SMILES string of the molecule is O=C(Nc1c[nH]c(=O)[nH]c1=O)c1cccc(N2C(=O)c3ccc(C(=O)Nc4c[nH]c(=O)[nH]c4=O)cc3C2=O)c1. The molecule has 15 heteroatoms. The minimum absolute atomic E-state index is 0.000785. The lowest BCUT2D eigenvalue weighted by atomic mass is 10.1. The molecule has 0 aliphatic carbocycles. The van der Waals surface area contributed by atoms with Crippen LogP contribution in [0.5, 0.6) is 0 Å². The number of rotatable bonds is 5. The van der Waals surface area contributed by atoms with E-state index < -0.39 is 46.1 Å². The van der Waals surface area contributed by atoms with Crippen LogP contribution in [0.3, 0.4) is 0 Å². The van der Waals surface area contributed by atoms with E-state index in [1.165, 1.54) is 42.5 Å². The smallest absolute Gasteiger partial charge is 0.316 e. The summed E-state index contributed by atoms with van der Waals surface area (Å²) in [4.78, 5) is 107. The lowest BCUT2D eigenvalue weighted by molar-refractivity contribution is 0.0923. The van der Waals surface area contributed by atoms with E-state index in [2.05, 4.69) is 20.6 Å². The third-order valence-electron chi connectivity index (χ3n) is 5.65. The Morgan fingerprint density at radius 1 is 0.641 bits per heavy atom. The number of carbonyl (C=O) groups excluding carboxylic acids is 4. The molecule has 0 unspecified atom stereocenters. The Labute approximate surface area is 214 Å². The Morgan fingerprint density at radius 3 is 1.74 bits per heavy atom. The van der Waals surface area contributed by atoms with Crippen molar-refractivity contribution >= 4 is 40.7 Å². The van der Waals surface area contributed by atoms with Gasteiger partial charge in [0.2, 0.25) is 0 Å². The number of nitrogens with zero attached hydrogens (tertiary/aromatic N) is 1. The van der Waals surface area contributed by atoms with Gasteiger partial charge in [-0.3, -0.25) is 38.7 Å². The Kier molecular flexibility index (Phi) is 5.92. The summed E-state index contributed by atoms with van der Waals surface area (Å²) in [6, 6.07) is 9.23. The molecule has 39 heavy (non-hydrogen) atoms. The standard InChI is InChI=1S/C24H15N7O8/c32-17(27-15-8-25-23(38)29-19(15)34)10-2-1-3-12(6-10)31-21(36)13-5-4-11(7-14(13)22(31)37)18(33)28-16-9-26-24(39)30-20(16)35/h1-9H,(H,27,32)(H,28,33)(H2,25,29,34,38)(H2,26,30,35,39). The fraction of sp³-hybridized carbons (Fsp3) is 0. The van der Waals surface area contributed by atoms with Crippen LogP contribution >= 0.6 is 0 Å². The molecule has 1 aliphatic heterocycles. The first kappa shape index (κ1) is 24.6. The lowest BCUT2D eigenvalue weighted by Gasteiger charge is -2.15. The summed E-state index contributed by atoms with van der Waals surface area (Å²) >= 11 is 0. The summed E-state index contributed by atoms with van der Waals surface area (Å²) < 4.78 is 0. The third-order valence-corrected chi connectivity index (χ3v) is 5.65. The summed E-state index contributed by atoms with van der Waals surface area (Å²) in [6.45, 7) is 0. The number of hydrogen-bond acceptors (Lipinski definition) is 8. The van der Waals surface area contributed by atoms with E-state index in [0.717, 1.165) is 17.3 Å². The monoisotopic (exact) mass is 529 g/mol. The van der Waals surface area contributed by atoms with Crippen molar-refractivity contribution in [2.24, 2.45) is 0 Å². The number of fused-ring (bicyclic) bond motifs is 1. The number of carbonyl (C=O) groups is 4. The predicted molar refractivity (Wildman–Crippen MR) is 135 cm³/mol. The summed E-state index contributed by atoms with van der Waals surface area (Å²) in [6.07, 6.45) is 2.04. The quantitative estimate of drug-likeness (QED) is 0.188. The van der Waals surface area contributed by atoms with Gasteiger partial charge in [0.05, 0.1) is 16.8 Å². The molecule has 5 rings (SSSR count). The lowest BCUT2D eigenvalue weighted by Crippen LogP contribution is -2.30. The molecule has 194 valence electrons. The summed E-state index contributed by atoms with van der Waals surface area (Å²) in [5.41, 5.74) is -3.69. The molecule has 4 aromatic rings. The normalized spacial score (nSPS) is 12.3. The number of nitrogens with one attached hydrogen (secondary N) is 6. The van der Waals surface area contributed by atoms with E-state index in [0.29, 0.717) is 0 Å². The van der Waals surface area contributed by atoms with Gasteiger partial charge in [0.25, 0.3) is 34.7 Å².